The molecule has 0 aliphatic heterocycles. The lowest BCUT2D eigenvalue weighted by Crippen LogP contribution is -2.12. The Hall–Kier alpha value is -2.74. The quantitative estimate of drug-likeness (QED) is 0.610. The summed E-state index contributed by atoms with van der Waals surface area (Å²) in [6.07, 6.45) is 0. The molecule has 0 atom stereocenters. The molecule has 2 aromatic carbocycles. The fourth-order valence-electron chi connectivity index (χ4n) is 2.36. The van der Waals surface area contributed by atoms with Gasteiger partial charge in [-0.15, -0.1) is 0 Å². The Morgan fingerprint density at radius 3 is 2.48 bits per heavy atom. The minimum Gasteiger partial charge on any atom is -0.494 e. The van der Waals surface area contributed by atoms with Crippen molar-refractivity contribution < 1.29 is 18.4 Å². The average molecular weight is 351 g/mol. The molecule has 0 saturated heterocycles. The van der Waals surface area contributed by atoms with Gasteiger partial charge in [0.05, 0.1) is 18.1 Å². The lowest BCUT2D eigenvalue weighted by Gasteiger charge is -2.13. The Labute approximate surface area is 144 Å². The van der Waals surface area contributed by atoms with Gasteiger partial charge in [0.1, 0.15) is 11.5 Å². The van der Waals surface area contributed by atoms with Crippen LogP contribution in [0, 0.1) is 21.7 Å². The van der Waals surface area contributed by atoms with Crippen LogP contribution in [0.4, 0.5) is 20.2 Å². The van der Waals surface area contributed by atoms with Gasteiger partial charge in [-0.1, -0.05) is 12.1 Å². The first-order chi connectivity index (χ1) is 11.8. The Morgan fingerprint density at radius 1 is 1.20 bits per heavy atom. The molecule has 0 fully saturated rings. The number of benzene rings is 2. The van der Waals surface area contributed by atoms with E-state index in [4.69, 9.17) is 4.74 Å². The van der Waals surface area contributed by atoms with Crippen molar-refractivity contribution in [2.75, 3.05) is 26.5 Å². The van der Waals surface area contributed by atoms with Crippen LogP contribution in [-0.2, 0) is 13.1 Å². The molecule has 25 heavy (non-hydrogen) atoms. The molecule has 6 nitrogen and oxygen atoms in total. The Kier molecular flexibility index (Phi) is 5.87. The molecule has 8 heteroatoms. The number of hydrogen-bond acceptors (Lipinski definition) is 5. The first-order valence-corrected chi connectivity index (χ1v) is 7.49. The topological polar surface area (TPSA) is 67.6 Å². The molecule has 0 unspecified atom stereocenters. The molecule has 0 amide bonds. The van der Waals surface area contributed by atoms with E-state index in [0.29, 0.717) is 17.7 Å². The second-order valence-electron chi connectivity index (χ2n) is 5.78. The summed E-state index contributed by atoms with van der Waals surface area (Å²) in [5.74, 6) is -1.28. The molecule has 2 aromatic rings. The number of anilines is 1. The van der Waals surface area contributed by atoms with Crippen molar-refractivity contribution >= 4 is 11.4 Å². The van der Waals surface area contributed by atoms with Gasteiger partial charge in [0.25, 0.3) is 5.69 Å². The predicted molar refractivity (Wildman–Crippen MR) is 90.7 cm³/mol. The SMILES string of the molecule is COc1cc(NCc2ccc(CN(C)C)c(F)c2)c([N+](=O)[O-])cc1F. The molecule has 0 aliphatic rings. The Morgan fingerprint density at radius 2 is 1.92 bits per heavy atom. The maximum absolute atomic E-state index is 14.1. The van der Waals surface area contributed by atoms with Crippen molar-refractivity contribution in [2.24, 2.45) is 0 Å². The van der Waals surface area contributed by atoms with E-state index >= 15 is 0 Å². The highest BCUT2D eigenvalue weighted by Gasteiger charge is 2.19. The van der Waals surface area contributed by atoms with Gasteiger partial charge in [-0.05, 0) is 25.7 Å². The zero-order valence-corrected chi connectivity index (χ0v) is 14.2. The molecular formula is C17H19F2N3O3. The van der Waals surface area contributed by atoms with Crippen molar-refractivity contribution in [1.29, 1.82) is 0 Å². The van der Waals surface area contributed by atoms with Gasteiger partial charge < -0.3 is 15.0 Å². The number of nitro groups is 1. The van der Waals surface area contributed by atoms with Gasteiger partial charge in [0.15, 0.2) is 11.6 Å². The summed E-state index contributed by atoms with van der Waals surface area (Å²) >= 11 is 0. The molecule has 0 spiro atoms. The van der Waals surface area contributed by atoms with Crippen LogP contribution in [0.25, 0.3) is 0 Å². The third-order valence-electron chi connectivity index (χ3n) is 3.55. The lowest BCUT2D eigenvalue weighted by molar-refractivity contribution is -0.384. The summed E-state index contributed by atoms with van der Waals surface area (Å²) in [5, 5.41) is 13.9. The van der Waals surface area contributed by atoms with Crippen LogP contribution in [0.3, 0.4) is 0 Å². The van der Waals surface area contributed by atoms with Crippen LogP contribution >= 0.6 is 0 Å². The lowest BCUT2D eigenvalue weighted by atomic mass is 10.1. The number of halogens is 2. The number of nitro benzene ring substituents is 1. The molecule has 0 saturated carbocycles. The van der Waals surface area contributed by atoms with Crippen molar-refractivity contribution in [3.05, 3.63) is 63.2 Å². The van der Waals surface area contributed by atoms with Crippen molar-refractivity contribution in [1.82, 2.24) is 4.90 Å². The van der Waals surface area contributed by atoms with Crippen LogP contribution in [0.5, 0.6) is 5.75 Å². The van der Waals surface area contributed by atoms with E-state index in [0.717, 1.165) is 6.07 Å². The zero-order valence-electron chi connectivity index (χ0n) is 14.2. The summed E-state index contributed by atoms with van der Waals surface area (Å²) < 4.78 is 32.6. The third kappa shape index (κ3) is 4.63. The van der Waals surface area contributed by atoms with Crippen LogP contribution in [0.2, 0.25) is 0 Å². The Balaban J connectivity index is 2.21. The maximum Gasteiger partial charge on any atom is 0.295 e. The molecule has 2 rings (SSSR count). The minimum atomic E-state index is -0.821. The zero-order chi connectivity index (χ0) is 18.6. The fourth-order valence-corrected chi connectivity index (χ4v) is 2.36. The van der Waals surface area contributed by atoms with Gasteiger partial charge in [-0.2, -0.15) is 0 Å². The summed E-state index contributed by atoms with van der Waals surface area (Å²) in [6.45, 7) is 0.620. The van der Waals surface area contributed by atoms with Crippen molar-refractivity contribution in [2.45, 2.75) is 13.1 Å². The van der Waals surface area contributed by atoms with Crippen LogP contribution < -0.4 is 10.1 Å². The summed E-state index contributed by atoms with van der Waals surface area (Å²) in [4.78, 5) is 12.2. The molecule has 0 bridgehead atoms. The van der Waals surface area contributed by atoms with Gasteiger partial charge in [0.2, 0.25) is 0 Å². The van der Waals surface area contributed by atoms with Gasteiger partial charge in [-0.3, -0.25) is 10.1 Å². The first kappa shape index (κ1) is 18.6. The predicted octanol–water partition coefficient (Wildman–Crippen LogP) is 3.56. The monoisotopic (exact) mass is 351 g/mol. The normalized spacial score (nSPS) is 10.8. The fraction of sp³-hybridized carbons (Fsp3) is 0.294. The number of methoxy groups -OCH3 is 1. The average Bonchev–Trinajstić information content (AvgIpc) is 2.55. The standard InChI is InChI=1S/C17H19F2N3O3/c1-21(2)10-12-5-4-11(6-13(12)18)9-20-15-8-17(25-3)14(19)7-16(15)22(23)24/h4-8,20H,9-10H2,1-3H3. The van der Waals surface area contributed by atoms with E-state index in [1.54, 1.807) is 12.1 Å². The van der Waals surface area contributed by atoms with E-state index in [2.05, 4.69) is 5.32 Å². The van der Waals surface area contributed by atoms with Gasteiger partial charge >= 0.3 is 0 Å². The molecule has 1 N–H and O–H groups in total. The maximum atomic E-state index is 14.1. The van der Waals surface area contributed by atoms with E-state index in [1.165, 1.54) is 19.2 Å². The number of ether oxygens (including phenoxy) is 1. The van der Waals surface area contributed by atoms with Crippen molar-refractivity contribution in [3.63, 3.8) is 0 Å². The number of nitrogens with one attached hydrogen (secondary N) is 1. The highest BCUT2D eigenvalue weighted by atomic mass is 19.1. The summed E-state index contributed by atoms with van der Waals surface area (Å²) in [5.41, 5.74) is 0.852. The van der Waals surface area contributed by atoms with Crippen LogP contribution in [0.1, 0.15) is 11.1 Å². The third-order valence-corrected chi connectivity index (χ3v) is 3.55. The van der Waals surface area contributed by atoms with Crippen LogP contribution in [0.15, 0.2) is 30.3 Å². The smallest absolute Gasteiger partial charge is 0.295 e. The molecular weight excluding hydrogens is 332 g/mol. The van der Waals surface area contributed by atoms with E-state index in [-0.39, 0.29) is 23.8 Å². The summed E-state index contributed by atoms with van der Waals surface area (Å²) in [7, 11) is 4.96. The Bertz CT molecular complexity index is 782. The molecule has 0 aromatic heterocycles. The second kappa shape index (κ2) is 7.89. The van der Waals surface area contributed by atoms with Gasteiger partial charge in [-0.25, -0.2) is 8.78 Å². The second-order valence-corrected chi connectivity index (χ2v) is 5.78. The van der Waals surface area contributed by atoms with Crippen LogP contribution in [-0.4, -0.2) is 31.0 Å². The van der Waals surface area contributed by atoms with E-state index < -0.39 is 16.4 Å². The van der Waals surface area contributed by atoms with E-state index in [1.807, 2.05) is 19.0 Å². The van der Waals surface area contributed by atoms with Crippen molar-refractivity contribution in [3.8, 4) is 5.75 Å². The highest BCUT2D eigenvalue weighted by Crippen LogP contribution is 2.32. The summed E-state index contributed by atoms with van der Waals surface area (Å²) in [6, 6.07) is 6.79. The minimum absolute atomic E-state index is 0.0982. The number of rotatable bonds is 7. The first-order valence-electron chi connectivity index (χ1n) is 7.49. The number of hydrogen-bond donors (Lipinski definition) is 1. The highest BCUT2D eigenvalue weighted by molar-refractivity contribution is 5.64. The number of nitrogens with zero attached hydrogens (tertiary/aromatic N) is 2. The van der Waals surface area contributed by atoms with E-state index in [9.17, 15) is 18.9 Å². The van der Waals surface area contributed by atoms with Gasteiger partial charge in [0, 0.05) is 24.7 Å². The molecule has 0 aliphatic carbocycles. The molecule has 134 valence electrons. The molecule has 0 radical (unpaired) electrons. The molecule has 0 heterocycles. The largest absolute Gasteiger partial charge is 0.494 e.